The van der Waals surface area contributed by atoms with Crippen LogP contribution in [0.25, 0.3) is 33.8 Å². The number of nitrogens with one attached hydrogen (secondary N) is 1. The minimum Gasteiger partial charge on any atom is -0.371 e. The summed E-state index contributed by atoms with van der Waals surface area (Å²) in [4.78, 5) is 15.8. The highest BCUT2D eigenvalue weighted by Crippen LogP contribution is 2.35. The summed E-state index contributed by atoms with van der Waals surface area (Å²) in [6.45, 7) is 5.75. The van der Waals surface area contributed by atoms with Gasteiger partial charge < -0.3 is 9.64 Å². The lowest BCUT2D eigenvalue weighted by Gasteiger charge is -2.33. The van der Waals surface area contributed by atoms with Crippen molar-refractivity contribution in [1.82, 2.24) is 44.5 Å². The molecule has 11 nitrogen and oxygen atoms in total. The predicted molar refractivity (Wildman–Crippen MR) is 128 cm³/mol. The van der Waals surface area contributed by atoms with Gasteiger partial charge in [-0.05, 0) is 32.8 Å². The summed E-state index contributed by atoms with van der Waals surface area (Å²) in [5.74, 6) is 0.920. The Balaban J connectivity index is 1.44. The van der Waals surface area contributed by atoms with Crippen LogP contribution in [0.3, 0.4) is 0 Å². The van der Waals surface area contributed by atoms with Gasteiger partial charge in [0.2, 0.25) is 0 Å². The summed E-state index contributed by atoms with van der Waals surface area (Å²) in [6.07, 6.45) is 11.3. The van der Waals surface area contributed by atoms with Gasteiger partial charge in [0.05, 0.1) is 59.1 Å². The van der Waals surface area contributed by atoms with Crippen LogP contribution < -0.4 is 4.90 Å². The van der Waals surface area contributed by atoms with Crippen molar-refractivity contribution >= 4 is 11.5 Å². The maximum Gasteiger partial charge on any atom is 0.167 e. The fourth-order valence-corrected chi connectivity index (χ4v) is 5.35. The Bertz CT molecular complexity index is 1510. The molecular formula is C24H24N10O. The monoisotopic (exact) mass is 468 g/mol. The van der Waals surface area contributed by atoms with Crippen LogP contribution >= 0.6 is 0 Å². The van der Waals surface area contributed by atoms with Crippen LogP contribution in [0, 0.1) is 13.8 Å². The summed E-state index contributed by atoms with van der Waals surface area (Å²) < 4.78 is 9.86. The van der Waals surface area contributed by atoms with Crippen molar-refractivity contribution < 1.29 is 4.74 Å². The molecule has 1 N–H and O–H groups in total. The van der Waals surface area contributed by atoms with Gasteiger partial charge in [-0.1, -0.05) is 0 Å². The van der Waals surface area contributed by atoms with E-state index in [1.165, 1.54) is 6.33 Å². The van der Waals surface area contributed by atoms with Gasteiger partial charge in [0.1, 0.15) is 17.8 Å². The second-order valence-corrected chi connectivity index (χ2v) is 9.18. The highest BCUT2D eigenvalue weighted by Gasteiger charge is 2.35. The van der Waals surface area contributed by atoms with Gasteiger partial charge in [-0.15, -0.1) is 0 Å². The molecule has 7 heterocycles. The highest BCUT2D eigenvalue weighted by molar-refractivity contribution is 5.80. The average Bonchev–Trinajstić information content (AvgIpc) is 3.66. The number of nitrogens with zero attached hydrogens (tertiary/aromatic N) is 9. The molecule has 35 heavy (non-hydrogen) atoms. The smallest absolute Gasteiger partial charge is 0.167 e. The maximum absolute atomic E-state index is 6.08. The van der Waals surface area contributed by atoms with Gasteiger partial charge in [-0.3, -0.25) is 5.10 Å². The number of aromatic amines is 1. The number of ether oxygens (including phenoxy) is 1. The zero-order valence-corrected chi connectivity index (χ0v) is 19.5. The minimum atomic E-state index is 0.261. The highest BCUT2D eigenvalue weighted by atomic mass is 16.5. The van der Waals surface area contributed by atoms with E-state index in [-0.39, 0.29) is 12.2 Å². The van der Waals surface area contributed by atoms with E-state index >= 15 is 0 Å². The van der Waals surface area contributed by atoms with Crippen molar-refractivity contribution in [3.8, 4) is 28.2 Å². The van der Waals surface area contributed by atoms with Gasteiger partial charge in [0, 0.05) is 30.9 Å². The Kier molecular flexibility index (Phi) is 4.46. The number of aromatic nitrogens is 9. The summed E-state index contributed by atoms with van der Waals surface area (Å²) >= 11 is 0. The molecular weight excluding hydrogens is 444 g/mol. The lowest BCUT2D eigenvalue weighted by Crippen LogP contribution is -2.43. The molecule has 5 aromatic rings. The van der Waals surface area contributed by atoms with Crippen LogP contribution in [-0.4, -0.2) is 69.8 Å². The number of hydrogen-bond donors (Lipinski definition) is 1. The van der Waals surface area contributed by atoms with Gasteiger partial charge in [0.15, 0.2) is 5.65 Å². The predicted octanol–water partition coefficient (Wildman–Crippen LogP) is 2.75. The van der Waals surface area contributed by atoms with Crippen molar-refractivity contribution in [2.24, 2.45) is 0 Å². The average molecular weight is 469 g/mol. The molecule has 0 spiro atoms. The van der Waals surface area contributed by atoms with E-state index < -0.39 is 0 Å². The number of aryl methyl sites for hydroxylation is 1. The molecule has 2 aliphatic heterocycles. The SMILES string of the molecule is Cc1nn(-c2cncnc2)c(C)c1-c1cc(N2CC3CCC(C2)O3)nc2c(-c3ccn[nH]3)cnn12. The van der Waals surface area contributed by atoms with Gasteiger partial charge >= 0.3 is 0 Å². The van der Waals surface area contributed by atoms with Crippen LogP contribution in [0.4, 0.5) is 5.82 Å². The third-order valence-corrected chi connectivity index (χ3v) is 6.96. The van der Waals surface area contributed by atoms with E-state index in [1.807, 2.05) is 28.4 Å². The molecule has 176 valence electrons. The molecule has 2 unspecified atom stereocenters. The van der Waals surface area contributed by atoms with E-state index in [1.54, 1.807) is 18.6 Å². The number of fused-ring (bicyclic) bond motifs is 3. The summed E-state index contributed by atoms with van der Waals surface area (Å²) in [5.41, 5.74) is 7.19. The molecule has 11 heteroatoms. The molecule has 0 aromatic carbocycles. The third kappa shape index (κ3) is 3.22. The second kappa shape index (κ2) is 7.70. The maximum atomic E-state index is 6.08. The number of hydrogen-bond acceptors (Lipinski definition) is 8. The Hall–Kier alpha value is -4.12. The van der Waals surface area contributed by atoms with Crippen molar-refractivity contribution in [1.29, 1.82) is 0 Å². The molecule has 5 aromatic heterocycles. The van der Waals surface area contributed by atoms with Crippen molar-refractivity contribution in [3.63, 3.8) is 0 Å². The largest absolute Gasteiger partial charge is 0.371 e. The fraction of sp³-hybridized carbons (Fsp3) is 0.333. The molecule has 2 atom stereocenters. The number of morpholine rings is 1. The van der Waals surface area contributed by atoms with Crippen molar-refractivity contribution in [2.75, 3.05) is 18.0 Å². The van der Waals surface area contributed by atoms with E-state index in [4.69, 9.17) is 19.9 Å². The topological polar surface area (TPSA) is 115 Å². The van der Waals surface area contributed by atoms with E-state index in [9.17, 15) is 0 Å². The normalized spacial score (nSPS) is 19.7. The minimum absolute atomic E-state index is 0.261. The van der Waals surface area contributed by atoms with Crippen molar-refractivity contribution in [3.05, 3.63) is 54.6 Å². The number of rotatable bonds is 4. The Morgan fingerprint density at radius 2 is 1.86 bits per heavy atom. The molecule has 0 aliphatic carbocycles. The van der Waals surface area contributed by atoms with Crippen LogP contribution in [0.2, 0.25) is 0 Å². The standard InChI is InChI=1S/C24H24N10O/c1-14-23(15(2)33(31-14)16-8-25-13-26-9-16)21-7-22(32-11-17-3-4-18(12-32)35-17)29-24-19(10-28-34(21)24)20-5-6-27-30-20/h5-10,13,17-18H,3-4,11-12H2,1-2H3,(H,27,30). The van der Waals surface area contributed by atoms with Crippen LogP contribution in [0.1, 0.15) is 24.2 Å². The Morgan fingerprint density at radius 3 is 2.60 bits per heavy atom. The van der Waals surface area contributed by atoms with Crippen molar-refractivity contribution in [2.45, 2.75) is 38.9 Å². The first kappa shape index (κ1) is 20.3. The fourth-order valence-electron chi connectivity index (χ4n) is 5.35. The Labute approximate surface area is 200 Å². The molecule has 0 saturated carbocycles. The van der Waals surface area contributed by atoms with Gasteiger partial charge in [0.25, 0.3) is 0 Å². The van der Waals surface area contributed by atoms with Gasteiger partial charge in [-0.2, -0.15) is 15.3 Å². The molecule has 2 aliphatic rings. The first-order valence-electron chi connectivity index (χ1n) is 11.8. The first-order valence-corrected chi connectivity index (χ1v) is 11.8. The molecule has 0 amide bonds. The van der Waals surface area contributed by atoms with Crippen LogP contribution in [0.15, 0.2) is 43.2 Å². The Morgan fingerprint density at radius 1 is 1.06 bits per heavy atom. The van der Waals surface area contributed by atoms with E-state index in [2.05, 4.69) is 38.1 Å². The van der Waals surface area contributed by atoms with Gasteiger partial charge in [-0.25, -0.2) is 24.1 Å². The zero-order chi connectivity index (χ0) is 23.5. The zero-order valence-electron chi connectivity index (χ0n) is 19.5. The lowest BCUT2D eigenvalue weighted by atomic mass is 10.1. The van der Waals surface area contributed by atoms with E-state index in [0.717, 1.165) is 77.0 Å². The quantitative estimate of drug-likeness (QED) is 0.428. The number of H-pyrrole nitrogens is 1. The summed E-state index contributed by atoms with van der Waals surface area (Å²) in [6, 6.07) is 4.06. The summed E-state index contributed by atoms with van der Waals surface area (Å²) in [5, 5.41) is 16.8. The molecule has 2 fully saturated rings. The third-order valence-electron chi connectivity index (χ3n) is 6.96. The molecule has 2 bridgehead atoms. The number of anilines is 1. The molecule has 0 radical (unpaired) electrons. The van der Waals surface area contributed by atoms with Crippen LogP contribution in [0.5, 0.6) is 0 Å². The molecule has 7 rings (SSSR count). The lowest BCUT2D eigenvalue weighted by molar-refractivity contribution is 0.0302. The first-order chi connectivity index (χ1) is 17.2. The second-order valence-electron chi connectivity index (χ2n) is 9.18. The summed E-state index contributed by atoms with van der Waals surface area (Å²) in [7, 11) is 0. The van der Waals surface area contributed by atoms with E-state index in [0.29, 0.717) is 0 Å². The molecule has 2 saturated heterocycles. The van der Waals surface area contributed by atoms with Crippen LogP contribution in [-0.2, 0) is 4.74 Å².